The second-order valence-corrected chi connectivity index (χ2v) is 3.74. The Bertz CT molecular complexity index is 593. The number of methoxy groups -OCH3 is 1. The van der Waals surface area contributed by atoms with Gasteiger partial charge in [0.1, 0.15) is 0 Å². The number of oxazole rings is 1. The smallest absolute Gasteiger partial charge is 0.376 e. The number of aromatic nitrogens is 2. The summed E-state index contributed by atoms with van der Waals surface area (Å²) in [4.78, 5) is 19.8. The first-order valence-electron chi connectivity index (χ1n) is 6.80. The van der Waals surface area contributed by atoms with Crippen LogP contribution in [0.15, 0.2) is 22.7 Å². The predicted octanol–water partition coefficient (Wildman–Crippen LogP) is 3.26. The summed E-state index contributed by atoms with van der Waals surface area (Å²) in [5.74, 6) is 0.389. The Morgan fingerprint density at radius 3 is 2.71 bits per heavy atom. The van der Waals surface area contributed by atoms with Gasteiger partial charge in [-0.2, -0.15) is 0 Å². The van der Waals surface area contributed by atoms with Crippen LogP contribution in [0.1, 0.15) is 37.0 Å². The molecule has 0 amide bonds. The largest absolute Gasteiger partial charge is 0.481 e. The first kappa shape index (κ1) is 16.7. The summed E-state index contributed by atoms with van der Waals surface area (Å²) in [6.07, 6.45) is 1.58. The van der Waals surface area contributed by atoms with E-state index >= 15 is 0 Å². The Balaban J connectivity index is 0.00000106. The van der Waals surface area contributed by atoms with Crippen molar-refractivity contribution in [2.45, 2.75) is 27.7 Å². The molecule has 6 nitrogen and oxygen atoms in total. The van der Waals surface area contributed by atoms with Crippen LogP contribution in [0.4, 0.5) is 0 Å². The average Bonchev–Trinajstić information content (AvgIpc) is 2.92. The fourth-order valence-electron chi connectivity index (χ4n) is 1.56. The Kier molecular flexibility index (Phi) is 6.39. The molecule has 0 atom stereocenters. The number of pyridine rings is 1. The van der Waals surface area contributed by atoms with E-state index in [0.29, 0.717) is 23.0 Å². The molecule has 21 heavy (non-hydrogen) atoms. The van der Waals surface area contributed by atoms with Crippen molar-refractivity contribution in [3.63, 3.8) is 0 Å². The lowest BCUT2D eigenvalue weighted by molar-refractivity contribution is 0.0490. The standard InChI is InChI=1S/C13H14N2O4.C2H6/c1-4-18-13(16)11-8(2)15-12(19-11)9-5-6-14-10(7-9)17-3;1-2/h5-7H,4H2,1-3H3;1-2H3. The molecule has 0 fully saturated rings. The molecule has 0 aromatic carbocycles. The van der Waals surface area contributed by atoms with E-state index in [4.69, 9.17) is 13.9 Å². The number of rotatable bonds is 4. The summed E-state index contributed by atoms with van der Waals surface area (Å²) in [5, 5.41) is 0. The van der Waals surface area contributed by atoms with E-state index in [1.165, 1.54) is 7.11 Å². The van der Waals surface area contributed by atoms with E-state index in [-0.39, 0.29) is 12.4 Å². The number of hydrogen-bond donors (Lipinski definition) is 0. The molecule has 0 unspecified atom stereocenters. The molecule has 0 aliphatic carbocycles. The molecule has 2 rings (SSSR count). The third kappa shape index (κ3) is 4.05. The topological polar surface area (TPSA) is 74.5 Å². The fourth-order valence-corrected chi connectivity index (χ4v) is 1.56. The molecule has 0 saturated heterocycles. The summed E-state index contributed by atoms with van der Waals surface area (Å²) < 4.78 is 15.4. The van der Waals surface area contributed by atoms with Gasteiger partial charge in [-0.05, 0) is 19.9 Å². The van der Waals surface area contributed by atoms with Crippen LogP contribution in [-0.2, 0) is 4.74 Å². The van der Waals surface area contributed by atoms with Gasteiger partial charge in [0, 0.05) is 17.8 Å². The number of hydrogen-bond acceptors (Lipinski definition) is 6. The molecular weight excluding hydrogens is 272 g/mol. The molecule has 0 aliphatic heterocycles. The Labute approximate surface area is 124 Å². The number of carbonyl (C=O) groups is 1. The Hall–Kier alpha value is -2.37. The summed E-state index contributed by atoms with van der Waals surface area (Å²) in [7, 11) is 1.52. The van der Waals surface area contributed by atoms with Crippen molar-refractivity contribution in [1.82, 2.24) is 9.97 Å². The Morgan fingerprint density at radius 1 is 1.38 bits per heavy atom. The molecule has 2 aromatic heterocycles. The molecule has 0 saturated carbocycles. The van der Waals surface area contributed by atoms with Crippen molar-refractivity contribution in [3.8, 4) is 17.3 Å². The second-order valence-electron chi connectivity index (χ2n) is 3.74. The van der Waals surface area contributed by atoms with Crippen molar-refractivity contribution in [1.29, 1.82) is 0 Å². The predicted molar refractivity (Wildman–Crippen MR) is 78.3 cm³/mol. The normalized spacial score (nSPS) is 9.57. The van der Waals surface area contributed by atoms with Crippen LogP contribution < -0.4 is 4.74 Å². The maximum Gasteiger partial charge on any atom is 0.376 e. The van der Waals surface area contributed by atoms with Crippen LogP contribution in [0.3, 0.4) is 0 Å². The summed E-state index contributed by atoms with van der Waals surface area (Å²) in [6, 6.07) is 3.41. The second kappa shape index (κ2) is 8.04. The average molecular weight is 292 g/mol. The van der Waals surface area contributed by atoms with Crippen LogP contribution in [0, 0.1) is 6.92 Å². The van der Waals surface area contributed by atoms with Crippen LogP contribution in [0.2, 0.25) is 0 Å². The SMILES string of the molecule is CC.CCOC(=O)c1oc(-c2ccnc(OC)c2)nc1C. The van der Waals surface area contributed by atoms with Crippen LogP contribution >= 0.6 is 0 Å². The zero-order valence-electron chi connectivity index (χ0n) is 13.0. The van der Waals surface area contributed by atoms with E-state index in [1.54, 1.807) is 32.2 Å². The van der Waals surface area contributed by atoms with E-state index in [0.717, 1.165) is 0 Å². The lowest BCUT2D eigenvalue weighted by Gasteiger charge is -1.99. The molecule has 6 heteroatoms. The zero-order chi connectivity index (χ0) is 15.8. The molecular formula is C15H20N2O4. The maximum absolute atomic E-state index is 11.6. The van der Waals surface area contributed by atoms with Gasteiger partial charge in [-0.3, -0.25) is 0 Å². The van der Waals surface area contributed by atoms with Gasteiger partial charge in [-0.1, -0.05) is 13.8 Å². The van der Waals surface area contributed by atoms with E-state index in [9.17, 15) is 4.79 Å². The van der Waals surface area contributed by atoms with Gasteiger partial charge in [-0.25, -0.2) is 14.8 Å². The maximum atomic E-state index is 11.6. The quantitative estimate of drug-likeness (QED) is 0.805. The minimum Gasteiger partial charge on any atom is -0.481 e. The highest BCUT2D eigenvalue weighted by Crippen LogP contribution is 2.24. The van der Waals surface area contributed by atoms with E-state index < -0.39 is 5.97 Å². The highest BCUT2D eigenvalue weighted by molar-refractivity contribution is 5.87. The lowest BCUT2D eigenvalue weighted by atomic mass is 10.2. The van der Waals surface area contributed by atoms with Crippen LogP contribution in [0.5, 0.6) is 5.88 Å². The van der Waals surface area contributed by atoms with Gasteiger partial charge in [0.25, 0.3) is 0 Å². The Morgan fingerprint density at radius 2 is 2.10 bits per heavy atom. The summed E-state index contributed by atoms with van der Waals surface area (Å²) in [6.45, 7) is 7.72. The minimum absolute atomic E-state index is 0.118. The highest BCUT2D eigenvalue weighted by atomic mass is 16.5. The molecule has 0 N–H and O–H groups in total. The number of aryl methyl sites for hydroxylation is 1. The molecule has 0 radical (unpaired) electrons. The van der Waals surface area contributed by atoms with Gasteiger partial charge in [0.05, 0.1) is 19.4 Å². The van der Waals surface area contributed by atoms with Gasteiger partial charge in [-0.15, -0.1) is 0 Å². The zero-order valence-corrected chi connectivity index (χ0v) is 13.0. The van der Waals surface area contributed by atoms with E-state index in [2.05, 4.69) is 9.97 Å². The molecule has 0 aliphatic rings. The van der Waals surface area contributed by atoms with Crippen molar-refractivity contribution >= 4 is 5.97 Å². The van der Waals surface area contributed by atoms with Gasteiger partial charge in [0.15, 0.2) is 0 Å². The van der Waals surface area contributed by atoms with Crippen molar-refractivity contribution in [2.24, 2.45) is 0 Å². The third-order valence-electron chi connectivity index (χ3n) is 2.45. The molecule has 114 valence electrons. The third-order valence-corrected chi connectivity index (χ3v) is 2.45. The monoisotopic (exact) mass is 292 g/mol. The molecule has 0 bridgehead atoms. The summed E-state index contributed by atoms with van der Waals surface area (Å²) >= 11 is 0. The number of esters is 1. The minimum atomic E-state index is -0.514. The number of nitrogens with zero attached hydrogens (tertiary/aromatic N) is 2. The summed E-state index contributed by atoms with van der Waals surface area (Å²) in [5.41, 5.74) is 1.18. The van der Waals surface area contributed by atoms with Gasteiger partial charge in [0.2, 0.25) is 17.5 Å². The molecule has 2 aromatic rings. The molecule has 2 heterocycles. The molecule has 0 spiro atoms. The van der Waals surface area contributed by atoms with Gasteiger partial charge < -0.3 is 13.9 Å². The fraction of sp³-hybridized carbons (Fsp3) is 0.400. The number of ether oxygens (including phenoxy) is 2. The lowest BCUT2D eigenvalue weighted by Crippen LogP contribution is -2.04. The van der Waals surface area contributed by atoms with E-state index in [1.807, 2.05) is 13.8 Å². The first-order chi connectivity index (χ1) is 10.2. The van der Waals surface area contributed by atoms with Crippen molar-refractivity contribution < 1.29 is 18.7 Å². The van der Waals surface area contributed by atoms with Crippen molar-refractivity contribution in [3.05, 3.63) is 29.8 Å². The first-order valence-corrected chi connectivity index (χ1v) is 6.80. The van der Waals surface area contributed by atoms with Crippen molar-refractivity contribution in [2.75, 3.05) is 13.7 Å². The highest BCUT2D eigenvalue weighted by Gasteiger charge is 2.19. The van der Waals surface area contributed by atoms with Crippen LogP contribution in [0.25, 0.3) is 11.5 Å². The number of carbonyl (C=O) groups excluding carboxylic acids is 1. The van der Waals surface area contributed by atoms with Crippen LogP contribution in [-0.4, -0.2) is 29.7 Å². The van der Waals surface area contributed by atoms with Gasteiger partial charge >= 0.3 is 5.97 Å².